The number of sulfonamides is 1. The monoisotopic (exact) mass is 462 g/mol. The molecular weight excluding hydrogens is 438 g/mol. The largest absolute Gasteiger partial charge is 0.276 e. The smallest absolute Gasteiger partial charge is 0.242 e. The molecule has 0 N–H and O–H groups in total. The predicted molar refractivity (Wildman–Crippen MR) is 132 cm³/mol. The first-order chi connectivity index (χ1) is 15.4. The van der Waals surface area contributed by atoms with Crippen molar-refractivity contribution in [2.24, 2.45) is 0 Å². The minimum Gasteiger partial charge on any atom is -0.276 e. The number of hydrogen-bond acceptors (Lipinski definition) is 5. The second-order valence-electron chi connectivity index (χ2n) is 7.83. The van der Waals surface area contributed by atoms with Crippen LogP contribution in [0.15, 0.2) is 89.5 Å². The zero-order chi connectivity index (χ0) is 22.6. The lowest BCUT2D eigenvalue weighted by Gasteiger charge is -2.30. The molecule has 2 aromatic carbocycles. The first-order valence-electron chi connectivity index (χ1n) is 10.5. The maximum atomic E-state index is 13.8. The van der Waals surface area contributed by atoms with Crippen molar-refractivity contribution in [2.75, 3.05) is 0 Å². The molecule has 0 saturated carbocycles. The third-order valence-electron chi connectivity index (χ3n) is 5.34. The lowest BCUT2D eigenvalue weighted by Crippen LogP contribution is -2.52. The molecule has 4 rings (SSSR count). The highest BCUT2D eigenvalue weighted by atomic mass is 32.2. The number of nitrogens with zero attached hydrogens (tertiary/aromatic N) is 4. The van der Waals surface area contributed by atoms with Gasteiger partial charge in [-0.1, -0.05) is 85.4 Å². The second-order valence-corrected chi connectivity index (χ2v) is 10.5. The van der Waals surface area contributed by atoms with Gasteiger partial charge in [0.2, 0.25) is 28.9 Å². The summed E-state index contributed by atoms with van der Waals surface area (Å²) >= 11 is 1.41. The van der Waals surface area contributed by atoms with Gasteiger partial charge in [0, 0.05) is 17.8 Å². The molecule has 0 amide bonds. The molecule has 4 aromatic rings. The van der Waals surface area contributed by atoms with Crippen LogP contribution in [0.5, 0.6) is 0 Å². The molecule has 2 aromatic heterocycles. The van der Waals surface area contributed by atoms with E-state index in [0.717, 1.165) is 11.1 Å². The van der Waals surface area contributed by atoms with Crippen molar-refractivity contribution >= 4 is 35.1 Å². The summed E-state index contributed by atoms with van der Waals surface area (Å²) in [6, 6.07) is 21.5. The Hall–Kier alpha value is -2.68. The van der Waals surface area contributed by atoms with Crippen LogP contribution in [0.25, 0.3) is 5.13 Å². The minimum absolute atomic E-state index is 0.0347. The summed E-state index contributed by atoms with van der Waals surface area (Å²) in [6.07, 6.45) is 4.55. The maximum Gasteiger partial charge on any atom is 0.242 e. The van der Waals surface area contributed by atoms with E-state index in [4.69, 9.17) is 0 Å². The molecule has 0 fully saturated rings. The number of benzene rings is 2. The van der Waals surface area contributed by atoms with E-state index in [-0.39, 0.29) is 18.7 Å². The summed E-state index contributed by atoms with van der Waals surface area (Å²) < 4.78 is 30.7. The first-order valence-corrected chi connectivity index (χ1v) is 12.8. The van der Waals surface area contributed by atoms with E-state index in [2.05, 4.69) is 10.1 Å². The van der Waals surface area contributed by atoms with Gasteiger partial charge in [0.1, 0.15) is 0 Å². The normalized spacial score (nSPS) is 11.6. The fourth-order valence-corrected chi connectivity index (χ4v) is 6.30. The second kappa shape index (κ2) is 9.85. The number of thiazole rings is 1. The number of hydrogen-bond donors (Lipinski definition) is 0. The summed E-state index contributed by atoms with van der Waals surface area (Å²) in [5, 5.41) is 6.86. The zero-order valence-electron chi connectivity index (χ0n) is 18.1. The van der Waals surface area contributed by atoms with Crippen LogP contribution in [-0.2, 0) is 22.7 Å². The summed E-state index contributed by atoms with van der Waals surface area (Å²) in [5.74, 6) is 0. The molecule has 0 bridgehead atoms. The predicted octanol–water partition coefficient (Wildman–Crippen LogP) is 4.13. The molecule has 2 heterocycles. The van der Waals surface area contributed by atoms with Crippen LogP contribution in [0, 0.1) is 0 Å². The molecule has 0 aliphatic carbocycles. The molecule has 0 radical (unpaired) electrons. The van der Waals surface area contributed by atoms with Gasteiger partial charge in [0.05, 0.1) is 0 Å². The third-order valence-corrected chi connectivity index (χ3v) is 8.12. The van der Waals surface area contributed by atoms with Crippen LogP contribution in [0.1, 0.15) is 11.1 Å². The Bertz CT molecular complexity index is 1190. The molecule has 0 atom stereocenters. The van der Waals surface area contributed by atoms with Crippen molar-refractivity contribution < 1.29 is 8.42 Å². The topological polar surface area (TPSA) is 68.1 Å². The molecule has 0 aliphatic rings. The highest BCUT2D eigenvalue weighted by Crippen LogP contribution is 2.22. The van der Waals surface area contributed by atoms with Crippen molar-refractivity contribution in [2.45, 2.75) is 31.3 Å². The van der Waals surface area contributed by atoms with Crippen molar-refractivity contribution in [1.29, 1.82) is 0 Å². The van der Waals surface area contributed by atoms with Crippen LogP contribution >= 0.6 is 11.3 Å². The molecule has 0 saturated heterocycles. The van der Waals surface area contributed by atoms with Gasteiger partial charge in [-0.2, -0.15) is 5.10 Å². The van der Waals surface area contributed by atoms with Gasteiger partial charge in [0.25, 0.3) is 0 Å². The van der Waals surface area contributed by atoms with E-state index in [1.54, 1.807) is 22.6 Å². The van der Waals surface area contributed by atoms with Crippen molar-refractivity contribution in [3.63, 3.8) is 0 Å². The van der Waals surface area contributed by atoms with Gasteiger partial charge in [0.15, 0.2) is 5.03 Å². The van der Waals surface area contributed by atoms with E-state index in [1.807, 2.05) is 79.7 Å². The third kappa shape index (κ3) is 5.03. The highest BCUT2D eigenvalue weighted by molar-refractivity contribution is 7.91. The molecule has 6 nitrogen and oxygen atoms in total. The van der Waals surface area contributed by atoms with Crippen LogP contribution in [0.4, 0.5) is 0 Å². The molecule has 0 spiro atoms. The zero-order valence-corrected chi connectivity index (χ0v) is 19.7. The van der Waals surface area contributed by atoms with Crippen LogP contribution < -0.4 is 0 Å². The van der Waals surface area contributed by atoms with Gasteiger partial charge >= 0.3 is 0 Å². The lowest BCUT2D eigenvalue weighted by molar-refractivity contribution is 0.567. The van der Waals surface area contributed by atoms with E-state index in [1.165, 1.54) is 16.0 Å². The van der Waals surface area contributed by atoms with E-state index >= 15 is 0 Å². The first kappa shape index (κ1) is 22.5. The molecule has 162 valence electrons. The number of rotatable bonds is 9. The van der Waals surface area contributed by atoms with Gasteiger partial charge in [-0.05, 0) is 18.7 Å². The standard InChI is InChI=1S/C22H24B2N4O2S2/c1-23(17-19-9-5-3-6-10-19)28(24(2)18-20-11-7-4-8-12-20)32(29,30)21-13-15-27(26-21)22-25-14-16-31-22/h3-16H,17-18H2,1-2H3. The molecule has 32 heavy (non-hydrogen) atoms. The Morgan fingerprint density at radius 1 is 0.906 bits per heavy atom. The van der Waals surface area contributed by atoms with Crippen LogP contribution in [0.3, 0.4) is 0 Å². The summed E-state index contributed by atoms with van der Waals surface area (Å²) in [6.45, 7) is 3.44. The Balaban J connectivity index is 1.66. The SMILES string of the molecule is CB(Cc1ccccc1)N(B(C)Cc1ccccc1)S(=O)(=O)c1ccn(-c2nccs2)n1. The quantitative estimate of drug-likeness (QED) is 0.351. The van der Waals surface area contributed by atoms with E-state index < -0.39 is 10.0 Å². The Kier molecular flexibility index (Phi) is 6.93. The van der Waals surface area contributed by atoms with Crippen molar-refractivity contribution in [1.82, 2.24) is 18.9 Å². The van der Waals surface area contributed by atoms with Gasteiger partial charge in [-0.3, -0.25) is 4.13 Å². The Morgan fingerprint density at radius 2 is 1.47 bits per heavy atom. The summed E-state index contributed by atoms with van der Waals surface area (Å²) in [4.78, 5) is 4.22. The summed E-state index contributed by atoms with van der Waals surface area (Å²) in [7, 11) is -3.83. The van der Waals surface area contributed by atoms with E-state index in [0.29, 0.717) is 17.8 Å². The fourth-order valence-electron chi connectivity index (χ4n) is 3.99. The fraction of sp³-hybridized carbons (Fsp3) is 0.182. The molecular formula is C22H24B2N4O2S2. The molecule has 10 heteroatoms. The summed E-state index contributed by atoms with van der Waals surface area (Å²) in [5.41, 5.74) is 2.20. The lowest BCUT2D eigenvalue weighted by atomic mass is 9.48. The van der Waals surface area contributed by atoms with Gasteiger partial charge in [-0.25, -0.2) is 18.1 Å². The van der Waals surface area contributed by atoms with Crippen LogP contribution in [-0.4, -0.2) is 41.0 Å². The average molecular weight is 462 g/mol. The van der Waals surface area contributed by atoms with Crippen molar-refractivity contribution in [3.8, 4) is 5.13 Å². The highest BCUT2D eigenvalue weighted by Gasteiger charge is 2.38. The van der Waals surface area contributed by atoms with E-state index in [9.17, 15) is 8.42 Å². The maximum absolute atomic E-state index is 13.8. The molecule has 0 unspecified atom stereocenters. The van der Waals surface area contributed by atoms with Gasteiger partial charge in [-0.15, -0.1) is 11.3 Å². The molecule has 0 aliphatic heterocycles. The average Bonchev–Trinajstić information content (AvgIpc) is 3.47. The number of aromatic nitrogens is 3. The van der Waals surface area contributed by atoms with Crippen LogP contribution in [0.2, 0.25) is 13.6 Å². The van der Waals surface area contributed by atoms with Gasteiger partial charge < -0.3 is 0 Å². The Morgan fingerprint density at radius 3 is 1.97 bits per heavy atom. The minimum atomic E-state index is -3.83. The Labute approximate surface area is 194 Å². The van der Waals surface area contributed by atoms with Crippen molar-refractivity contribution in [3.05, 3.63) is 95.6 Å².